The lowest BCUT2D eigenvalue weighted by molar-refractivity contribution is 0.230. The van der Waals surface area contributed by atoms with E-state index in [9.17, 15) is 0 Å². The van der Waals surface area contributed by atoms with E-state index >= 15 is 0 Å². The van der Waals surface area contributed by atoms with E-state index in [1.165, 1.54) is 16.7 Å². The van der Waals surface area contributed by atoms with Gasteiger partial charge in [-0.3, -0.25) is 4.90 Å². The van der Waals surface area contributed by atoms with Crippen molar-refractivity contribution in [1.29, 1.82) is 0 Å². The van der Waals surface area contributed by atoms with Crippen molar-refractivity contribution in [2.75, 3.05) is 40.4 Å². The molecular formula is C22H30N2O2. The maximum atomic E-state index is 5.75. The molecule has 0 amide bonds. The lowest BCUT2D eigenvalue weighted by atomic mass is 9.91. The van der Waals surface area contributed by atoms with Gasteiger partial charge in [-0.25, -0.2) is 0 Å². The van der Waals surface area contributed by atoms with Crippen LogP contribution in [-0.4, -0.2) is 45.3 Å². The summed E-state index contributed by atoms with van der Waals surface area (Å²) in [7, 11) is 3.47. The van der Waals surface area contributed by atoms with Gasteiger partial charge in [0.1, 0.15) is 11.5 Å². The Morgan fingerprint density at radius 1 is 0.962 bits per heavy atom. The molecule has 0 aliphatic carbocycles. The summed E-state index contributed by atoms with van der Waals surface area (Å²) in [6.07, 6.45) is 1.14. The van der Waals surface area contributed by atoms with Crippen LogP contribution in [0.25, 0.3) is 0 Å². The van der Waals surface area contributed by atoms with Crippen LogP contribution in [0.2, 0.25) is 0 Å². The van der Waals surface area contributed by atoms with Crippen LogP contribution in [0.5, 0.6) is 11.5 Å². The monoisotopic (exact) mass is 354 g/mol. The molecule has 26 heavy (non-hydrogen) atoms. The third-order valence-electron chi connectivity index (χ3n) is 5.20. The molecule has 1 heterocycles. The molecule has 4 heteroatoms. The minimum atomic E-state index is 0.113. The molecule has 4 nitrogen and oxygen atoms in total. The maximum absolute atomic E-state index is 5.75. The Bertz CT molecular complexity index is 715. The molecule has 140 valence electrons. The third kappa shape index (κ3) is 3.87. The standard InChI is InChI=1S/C22H30N2O2/c1-16-9-10-18(17(2)15-16)22(24-13-6-11-23-12-14-24)21-19(25-3)7-5-8-20(21)26-4/h5,7-10,15,22-23H,6,11-14H2,1-4H3. The molecule has 0 aromatic heterocycles. The smallest absolute Gasteiger partial charge is 0.127 e. The van der Waals surface area contributed by atoms with Gasteiger partial charge < -0.3 is 14.8 Å². The van der Waals surface area contributed by atoms with E-state index in [0.717, 1.165) is 49.7 Å². The minimum absolute atomic E-state index is 0.113. The predicted molar refractivity (Wildman–Crippen MR) is 106 cm³/mol. The van der Waals surface area contributed by atoms with E-state index in [1.54, 1.807) is 14.2 Å². The zero-order chi connectivity index (χ0) is 18.5. The fraction of sp³-hybridized carbons (Fsp3) is 0.455. The quantitative estimate of drug-likeness (QED) is 0.888. The molecule has 2 aromatic carbocycles. The first-order valence-corrected chi connectivity index (χ1v) is 9.38. The van der Waals surface area contributed by atoms with Gasteiger partial charge in [0, 0.05) is 19.6 Å². The SMILES string of the molecule is COc1cccc(OC)c1C(c1ccc(C)cc1C)N1CCCNCC1. The number of aryl methyl sites for hydroxylation is 2. The van der Waals surface area contributed by atoms with Crippen LogP contribution in [0.4, 0.5) is 0 Å². The summed E-state index contributed by atoms with van der Waals surface area (Å²) >= 11 is 0. The van der Waals surface area contributed by atoms with Crippen molar-refractivity contribution in [3.05, 3.63) is 58.7 Å². The highest BCUT2D eigenvalue weighted by Crippen LogP contribution is 2.42. The van der Waals surface area contributed by atoms with Crippen molar-refractivity contribution < 1.29 is 9.47 Å². The number of hydrogen-bond donors (Lipinski definition) is 1. The van der Waals surface area contributed by atoms with Crippen LogP contribution in [0.3, 0.4) is 0 Å². The molecule has 1 aliphatic heterocycles. The molecule has 2 aromatic rings. The number of hydrogen-bond acceptors (Lipinski definition) is 4. The molecule has 0 bridgehead atoms. The first-order valence-electron chi connectivity index (χ1n) is 9.38. The lowest BCUT2D eigenvalue weighted by Gasteiger charge is -2.34. The summed E-state index contributed by atoms with van der Waals surface area (Å²) in [4.78, 5) is 2.55. The molecule has 1 N–H and O–H groups in total. The molecule has 0 spiro atoms. The average Bonchev–Trinajstić information content (AvgIpc) is 2.93. The first kappa shape index (κ1) is 18.7. The van der Waals surface area contributed by atoms with Crippen molar-refractivity contribution >= 4 is 0 Å². The average molecular weight is 354 g/mol. The van der Waals surface area contributed by atoms with E-state index in [-0.39, 0.29) is 6.04 Å². The second-order valence-corrected chi connectivity index (χ2v) is 6.98. The number of nitrogens with zero attached hydrogens (tertiary/aromatic N) is 1. The van der Waals surface area contributed by atoms with Crippen LogP contribution >= 0.6 is 0 Å². The highest BCUT2D eigenvalue weighted by Gasteiger charge is 2.29. The Morgan fingerprint density at radius 3 is 2.35 bits per heavy atom. The van der Waals surface area contributed by atoms with Crippen LogP contribution in [0.15, 0.2) is 36.4 Å². The summed E-state index contributed by atoms with van der Waals surface area (Å²) in [5.74, 6) is 1.76. The Balaban J connectivity index is 2.18. The summed E-state index contributed by atoms with van der Waals surface area (Å²) in [5.41, 5.74) is 5.03. The Hall–Kier alpha value is -2.04. The van der Waals surface area contributed by atoms with Gasteiger partial charge >= 0.3 is 0 Å². The van der Waals surface area contributed by atoms with E-state index in [1.807, 2.05) is 18.2 Å². The van der Waals surface area contributed by atoms with Gasteiger partial charge in [0.15, 0.2) is 0 Å². The van der Waals surface area contributed by atoms with Gasteiger partial charge in [-0.2, -0.15) is 0 Å². The molecule has 3 rings (SSSR count). The van der Waals surface area contributed by atoms with Gasteiger partial charge in [0.25, 0.3) is 0 Å². The second-order valence-electron chi connectivity index (χ2n) is 6.98. The van der Waals surface area contributed by atoms with E-state index in [4.69, 9.17) is 9.47 Å². The topological polar surface area (TPSA) is 33.7 Å². The number of benzene rings is 2. The first-order chi connectivity index (χ1) is 12.7. The van der Waals surface area contributed by atoms with Gasteiger partial charge in [-0.1, -0.05) is 29.8 Å². The van der Waals surface area contributed by atoms with Crippen LogP contribution in [-0.2, 0) is 0 Å². The normalized spacial score (nSPS) is 16.8. The number of methoxy groups -OCH3 is 2. The lowest BCUT2D eigenvalue weighted by Crippen LogP contribution is -2.33. The molecule has 1 aliphatic rings. The highest BCUT2D eigenvalue weighted by molar-refractivity contribution is 5.52. The molecule has 1 saturated heterocycles. The zero-order valence-electron chi connectivity index (χ0n) is 16.3. The van der Waals surface area contributed by atoms with Crippen LogP contribution in [0.1, 0.15) is 34.7 Å². The number of rotatable bonds is 5. The van der Waals surface area contributed by atoms with Gasteiger partial charge in [-0.05, 0) is 50.1 Å². The van der Waals surface area contributed by atoms with Gasteiger partial charge in [0.05, 0.1) is 25.8 Å². The van der Waals surface area contributed by atoms with Crippen LogP contribution < -0.4 is 14.8 Å². The minimum Gasteiger partial charge on any atom is -0.496 e. The fourth-order valence-corrected chi connectivity index (χ4v) is 3.94. The summed E-state index contributed by atoms with van der Waals surface area (Å²) in [5, 5.41) is 3.51. The predicted octanol–water partition coefficient (Wildman–Crippen LogP) is 3.71. The molecular weight excluding hydrogens is 324 g/mol. The van der Waals surface area contributed by atoms with Crippen LogP contribution in [0, 0.1) is 13.8 Å². The fourth-order valence-electron chi connectivity index (χ4n) is 3.94. The highest BCUT2D eigenvalue weighted by atomic mass is 16.5. The van der Waals surface area contributed by atoms with Crippen molar-refractivity contribution in [2.45, 2.75) is 26.3 Å². The zero-order valence-corrected chi connectivity index (χ0v) is 16.3. The van der Waals surface area contributed by atoms with Crippen molar-refractivity contribution in [3.63, 3.8) is 0 Å². The molecule has 1 fully saturated rings. The van der Waals surface area contributed by atoms with Gasteiger partial charge in [0.2, 0.25) is 0 Å². The Morgan fingerprint density at radius 2 is 1.69 bits per heavy atom. The third-order valence-corrected chi connectivity index (χ3v) is 5.20. The Labute approximate surface area is 157 Å². The molecule has 1 unspecified atom stereocenters. The summed E-state index contributed by atoms with van der Waals surface area (Å²) in [6, 6.07) is 12.9. The van der Waals surface area contributed by atoms with E-state index in [2.05, 4.69) is 42.3 Å². The van der Waals surface area contributed by atoms with Crippen molar-refractivity contribution in [1.82, 2.24) is 10.2 Å². The van der Waals surface area contributed by atoms with Crippen molar-refractivity contribution in [2.24, 2.45) is 0 Å². The molecule has 0 saturated carbocycles. The largest absolute Gasteiger partial charge is 0.496 e. The van der Waals surface area contributed by atoms with E-state index < -0.39 is 0 Å². The van der Waals surface area contributed by atoms with Crippen molar-refractivity contribution in [3.8, 4) is 11.5 Å². The molecule has 1 atom stereocenters. The summed E-state index contributed by atoms with van der Waals surface area (Å²) < 4.78 is 11.5. The Kier molecular flexibility index (Phi) is 6.17. The van der Waals surface area contributed by atoms with Gasteiger partial charge in [-0.15, -0.1) is 0 Å². The molecule has 0 radical (unpaired) electrons. The van der Waals surface area contributed by atoms with E-state index in [0.29, 0.717) is 0 Å². The maximum Gasteiger partial charge on any atom is 0.127 e. The number of ether oxygens (including phenoxy) is 2. The summed E-state index contributed by atoms with van der Waals surface area (Å²) in [6.45, 7) is 8.46. The second kappa shape index (κ2) is 8.56. The number of nitrogens with one attached hydrogen (secondary N) is 1.